The van der Waals surface area contributed by atoms with Crippen LogP contribution in [-0.4, -0.2) is 46.3 Å². The normalized spacial score (nSPS) is 10.3. The zero-order valence-electron chi connectivity index (χ0n) is 16.4. The third kappa shape index (κ3) is 5.16. The highest BCUT2D eigenvalue weighted by atomic mass is 35.5. The van der Waals surface area contributed by atoms with Crippen LogP contribution in [0.25, 0.3) is 10.9 Å². The van der Waals surface area contributed by atoms with Crippen LogP contribution in [0, 0.1) is 6.92 Å². The number of aliphatic carboxylic acids is 2. The first-order valence-corrected chi connectivity index (χ1v) is 9.19. The van der Waals surface area contributed by atoms with Gasteiger partial charge in [0.1, 0.15) is 5.75 Å². The third-order valence-corrected chi connectivity index (χ3v) is 4.59. The zero-order chi connectivity index (χ0) is 22.4. The van der Waals surface area contributed by atoms with Gasteiger partial charge in [0.25, 0.3) is 5.91 Å². The summed E-state index contributed by atoms with van der Waals surface area (Å²) in [4.78, 5) is 33.5. The van der Waals surface area contributed by atoms with E-state index in [1.807, 2.05) is 0 Å². The lowest BCUT2D eigenvalue weighted by Crippen LogP contribution is -2.14. The van der Waals surface area contributed by atoms with E-state index in [0.29, 0.717) is 38.5 Å². The molecule has 158 valence electrons. The molecule has 0 amide bonds. The molecule has 0 atom stereocenters. The van der Waals surface area contributed by atoms with Crippen molar-refractivity contribution in [3.63, 3.8) is 0 Å². The predicted molar refractivity (Wildman–Crippen MR) is 112 cm³/mol. The Labute approximate surface area is 177 Å². The van der Waals surface area contributed by atoms with Crippen molar-refractivity contribution in [1.82, 2.24) is 4.57 Å². The molecule has 1 aromatic heterocycles. The average Bonchev–Trinajstić information content (AvgIpc) is 2.98. The van der Waals surface area contributed by atoms with Crippen molar-refractivity contribution in [2.75, 3.05) is 13.7 Å². The van der Waals surface area contributed by atoms with E-state index in [1.165, 1.54) is 4.57 Å². The summed E-state index contributed by atoms with van der Waals surface area (Å²) in [6, 6.07) is 11.9. The number of hydrogen-bond donors (Lipinski definition) is 3. The Morgan fingerprint density at radius 1 is 1.07 bits per heavy atom. The summed E-state index contributed by atoms with van der Waals surface area (Å²) in [5.41, 5.74) is 6.90. The van der Waals surface area contributed by atoms with Crippen LogP contribution >= 0.6 is 11.6 Å². The number of hydrogen-bond acceptors (Lipinski definition) is 5. The van der Waals surface area contributed by atoms with Crippen LogP contribution in [0.2, 0.25) is 5.02 Å². The van der Waals surface area contributed by atoms with Crippen LogP contribution in [0.4, 0.5) is 0 Å². The number of carbonyl (C=O) groups excluding carboxylic acids is 1. The maximum atomic E-state index is 13.0. The fourth-order valence-corrected chi connectivity index (χ4v) is 3.07. The van der Waals surface area contributed by atoms with E-state index >= 15 is 0 Å². The van der Waals surface area contributed by atoms with E-state index in [0.717, 1.165) is 0 Å². The van der Waals surface area contributed by atoms with Gasteiger partial charge in [0.15, 0.2) is 0 Å². The molecule has 0 aliphatic carbocycles. The van der Waals surface area contributed by atoms with Gasteiger partial charge in [0.2, 0.25) is 0 Å². The third-order valence-electron chi connectivity index (χ3n) is 4.34. The van der Waals surface area contributed by atoms with Gasteiger partial charge in [-0.1, -0.05) is 11.6 Å². The molecule has 0 spiro atoms. The zero-order valence-corrected chi connectivity index (χ0v) is 17.1. The maximum absolute atomic E-state index is 13.0. The lowest BCUT2D eigenvalue weighted by Gasteiger charge is -2.08. The molecule has 0 saturated heterocycles. The quantitative estimate of drug-likeness (QED) is 0.564. The molecule has 8 nitrogen and oxygen atoms in total. The molecule has 0 bridgehead atoms. The van der Waals surface area contributed by atoms with Crippen molar-refractivity contribution in [2.24, 2.45) is 5.73 Å². The minimum absolute atomic E-state index is 0.170. The number of nitrogens with two attached hydrogens (primary N) is 1. The summed E-state index contributed by atoms with van der Waals surface area (Å²) >= 11 is 5.89. The van der Waals surface area contributed by atoms with Gasteiger partial charge in [-0.15, -0.1) is 0 Å². The first-order chi connectivity index (χ1) is 14.2. The minimum Gasteiger partial charge on any atom is -0.497 e. The minimum atomic E-state index is -0.968. The summed E-state index contributed by atoms with van der Waals surface area (Å²) in [6.45, 7) is 1.47. The molecule has 1 heterocycles. The molecule has 30 heavy (non-hydrogen) atoms. The molecule has 0 radical (unpaired) electrons. The van der Waals surface area contributed by atoms with Crippen LogP contribution in [0.5, 0.6) is 5.75 Å². The van der Waals surface area contributed by atoms with Gasteiger partial charge in [-0.3, -0.25) is 19.0 Å². The monoisotopic (exact) mass is 432 g/mol. The Balaban J connectivity index is 0.000000575. The number of rotatable bonds is 5. The van der Waals surface area contributed by atoms with E-state index in [2.05, 4.69) is 5.73 Å². The van der Waals surface area contributed by atoms with Gasteiger partial charge in [0, 0.05) is 21.7 Å². The Bertz CT molecular complexity index is 1090. The lowest BCUT2D eigenvalue weighted by atomic mass is 10.1. The number of carbonyl (C=O) groups is 3. The van der Waals surface area contributed by atoms with Gasteiger partial charge in [-0.2, -0.15) is 0 Å². The number of aromatic nitrogens is 1. The SMILES string of the molecule is COc1ccc2c(c1)c(CC(=O)O)c(C)n2C(=O)c1ccc(Cl)cc1.NCC(=O)O. The van der Waals surface area contributed by atoms with Crippen LogP contribution < -0.4 is 10.5 Å². The molecule has 2 aromatic carbocycles. The molecule has 4 N–H and O–H groups in total. The number of nitrogens with zero attached hydrogens (tertiary/aromatic N) is 1. The molecule has 3 aromatic rings. The largest absolute Gasteiger partial charge is 0.497 e. The van der Waals surface area contributed by atoms with Gasteiger partial charge in [0.05, 0.1) is 25.6 Å². The van der Waals surface area contributed by atoms with Gasteiger partial charge in [-0.05, 0) is 55.0 Å². The molecule has 0 aliphatic heterocycles. The fourth-order valence-electron chi connectivity index (χ4n) is 2.95. The average molecular weight is 433 g/mol. The van der Waals surface area contributed by atoms with Gasteiger partial charge in [-0.25, -0.2) is 0 Å². The number of ether oxygens (including phenoxy) is 1. The number of halogens is 1. The molecule has 0 aliphatic rings. The molecular weight excluding hydrogens is 412 g/mol. The second kappa shape index (κ2) is 9.91. The number of benzene rings is 2. The van der Waals surface area contributed by atoms with Crippen LogP contribution in [0.15, 0.2) is 42.5 Å². The van der Waals surface area contributed by atoms with E-state index in [-0.39, 0.29) is 18.9 Å². The smallest absolute Gasteiger partial charge is 0.317 e. The van der Waals surface area contributed by atoms with Crippen LogP contribution in [0.1, 0.15) is 21.6 Å². The number of carboxylic acid groups (broad SMARTS) is 2. The number of fused-ring (bicyclic) bond motifs is 1. The van der Waals surface area contributed by atoms with E-state index in [1.54, 1.807) is 56.5 Å². The Morgan fingerprint density at radius 2 is 1.67 bits per heavy atom. The standard InChI is InChI=1S/C19H16ClNO4.C2H5NO2/c1-11-15(10-18(22)23)16-9-14(25-2)7-8-17(16)21(11)19(24)12-3-5-13(20)6-4-12;3-1-2(4)5/h3-9H,10H2,1-2H3,(H,22,23);1,3H2,(H,4,5). The summed E-state index contributed by atoms with van der Waals surface area (Å²) in [6.07, 6.45) is -0.170. The molecule has 0 fully saturated rings. The maximum Gasteiger partial charge on any atom is 0.317 e. The Hall–Kier alpha value is -3.36. The molecule has 0 unspecified atom stereocenters. The van der Waals surface area contributed by atoms with Crippen LogP contribution in [0.3, 0.4) is 0 Å². The fraction of sp³-hybridized carbons (Fsp3) is 0.190. The molecule has 0 saturated carbocycles. The summed E-state index contributed by atoms with van der Waals surface area (Å²) in [5.74, 6) is -1.55. The highest BCUT2D eigenvalue weighted by Gasteiger charge is 2.21. The summed E-state index contributed by atoms with van der Waals surface area (Å²) in [5, 5.41) is 18.1. The van der Waals surface area contributed by atoms with Crippen molar-refractivity contribution < 1.29 is 29.3 Å². The first-order valence-electron chi connectivity index (χ1n) is 8.81. The second-order valence-electron chi connectivity index (χ2n) is 6.26. The number of methoxy groups -OCH3 is 1. The lowest BCUT2D eigenvalue weighted by molar-refractivity contribution is -0.136. The van der Waals surface area contributed by atoms with E-state index < -0.39 is 11.9 Å². The molecule has 3 rings (SSSR count). The first kappa shape index (κ1) is 22.9. The topological polar surface area (TPSA) is 132 Å². The van der Waals surface area contributed by atoms with Gasteiger partial charge < -0.3 is 20.7 Å². The van der Waals surface area contributed by atoms with Crippen molar-refractivity contribution in [3.8, 4) is 5.75 Å². The summed E-state index contributed by atoms with van der Waals surface area (Å²) < 4.78 is 6.77. The Kier molecular flexibility index (Phi) is 7.57. The van der Waals surface area contributed by atoms with Crippen LogP contribution in [-0.2, 0) is 16.0 Å². The predicted octanol–water partition coefficient (Wildman–Crippen LogP) is 2.96. The number of carboxylic acids is 2. The molecular formula is C21H21ClN2O6. The van der Waals surface area contributed by atoms with Crippen molar-refractivity contribution in [1.29, 1.82) is 0 Å². The van der Waals surface area contributed by atoms with Crippen molar-refractivity contribution >= 4 is 40.3 Å². The van der Waals surface area contributed by atoms with Gasteiger partial charge >= 0.3 is 11.9 Å². The second-order valence-corrected chi connectivity index (χ2v) is 6.70. The summed E-state index contributed by atoms with van der Waals surface area (Å²) in [7, 11) is 1.54. The Morgan fingerprint density at radius 3 is 2.17 bits per heavy atom. The van der Waals surface area contributed by atoms with E-state index in [9.17, 15) is 19.5 Å². The highest BCUT2D eigenvalue weighted by Crippen LogP contribution is 2.30. The van der Waals surface area contributed by atoms with Crippen molar-refractivity contribution in [2.45, 2.75) is 13.3 Å². The van der Waals surface area contributed by atoms with E-state index in [4.69, 9.17) is 21.4 Å². The van der Waals surface area contributed by atoms with Crippen molar-refractivity contribution in [3.05, 3.63) is 64.3 Å². The highest BCUT2D eigenvalue weighted by molar-refractivity contribution is 6.30. The molecule has 9 heteroatoms.